The molecule has 2 aromatic rings. The molecule has 0 saturated heterocycles. The predicted molar refractivity (Wildman–Crippen MR) is 217 cm³/mol. The lowest BCUT2D eigenvalue weighted by Crippen LogP contribution is -2.56. The summed E-state index contributed by atoms with van der Waals surface area (Å²) in [7, 11) is 0. The zero-order chi connectivity index (χ0) is 48.2. The molecule has 0 fully saturated rings. The molecule has 1 aliphatic heterocycles. The van der Waals surface area contributed by atoms with E-state index in [1.807, 2.05) is 0 Å². The van der Waals surface area contributed by atoms with Crippen molar-refractivity contribution in [3.63, 3.8) is 0 Å². The highest BCUT2D eigenvalue weighted by atomic mass is 19.4. The second kappa shape index (κ2) is 22.5. The number of esters is 1. The minimum absolute atomic E-state index is 0.00644. The Labute approximate surface area is 360 Å². The van der Waals surface area contributed by atoms with Crippen LogP contribution in [0.25, 0.3) is 0 Å². The number of nitrogens with one attached hydrogen (secondary N) is 3. The molecule has 4 unspecified atom stereocenters. The molecular weight excluding hydrogens is 849 g/mol. The Bertz CT molecular complexity index is 1980. The molecule has 350 valence electrons. The molecule has 0 saturated carbocycles. The summed E-state index contributed by atoms with van der Waals surface area (Å²) in [6.07, 6.45) is -15.1. The molecule has 5 N–H and O–H groups in total. The SMILES string of the molecule is CCC(F)(F)F.Cc1cccc2c1N(COC(=O)C(NC(=O)C(NC(=O)OC(C)(C)C)C(C)C)C(C)C)C(=O)C(NC(=O)C(CCC(F)(F)F)CC(N)=O)N=C2c1cccc(F)c1. The van der Waals surface area contributed by atoms with E-state index in [4.69, 9.17) is 15.2 Å². The number of carbonyl (C=O) groups is 6. The average Bonchev–Trinajstić information content (AvgIpc) is 3.26. The fourth-order valence-corrected chi connectivity index (χ4v) is 5.90. The molecule has 2 aromatic carbocycles. The van der Waals surface area contributed by atoms with E-state index in [1.165, 1.54) is 18.2 Å². The zero-order valence-corrected chi connectivity index (χ0v) is 36.4. The van der Waals surface area contributed by atoms with Crippen LogP contribution >= 0.6 is 0 Å². The Hall–Kier alpha value is -5.76. The van der Waals surface area contributed by atoms with Gasteiger partial charge in [-0.25, -0.2) is 19.0 Å². The summed E-state index contributed by atoms with van der Waals surface area (Å²) in [5, 5.41) is 7.45. The van der Waals surface area contributed by atoms with E-state index in [0.29, 0.717) is 5.56 Å². The van der Waals surface area contributed by atoms with Gasteiger partial charge >= 0.3 is 24.4 Å². The second-order valence-electron chi connectivity index (χ2n) is 16.3. The Morgan fingerprint density at radius 3 is 1.97 bits per heavy atom. The standard InChI is InChI=1S/C39H50F4N6O8.C3H5F3/c1-20(2)28(47-37(55)57-38(6,7)8)34(52)46-29(21(3)4)36(54)56-19-49-31-22(5)11-9-14-26(31)30(23-12-10-13-25(40)17-23)45-32(35(49)53)48-33(51)24(18-27(44)50)15-16-39(41,42)43;1-2-3(4,5)6/h9-14,17,20-21,24,28-29,32H,15-16,18-19H2,1-8H3,(H2,44,50)(H,46,52)(H,47,55)(H,48,51);2H2,1H3. The molecule has 4 atom stereocenters. The maximum atomic E-state index is 14.6. The highest BCUT2D eigenvalue weighted by Crippen LogP contribution is 2.32. The number of nitrogens with zero attached hydrogens (tertiary/aromatic N) is 2. The lowest BCUT2D eigenvalue weighted by molar-refractivity contribution is -0.150. The molecule has 0 radical (unpaired) electrons. The van der Waals surface area contributed by atoms with Crippen LogP contribution in [0.5, 0.6) is 0 Å². The van der Waals surface area contributed by atoms with Crippen molar-refractivity contribution in [3.8, 4) is 0 Å². The minimum Gasteiger partial charge on any atom is -0.444 e. The molecule has 0 bridgehead atoms. The molecule has 5 amide bonds. The van der Waals surface area contributed by atoms with Gasteiger partial charge in [0, 0.05) is 36.3 Å². The lowest BCUT2D eigenvalue weighted by Gasteiger charge is -2.29. The van der Waals surface area contributed by atoms with Crippen molar-refractivity contribution < 1.29 is 69.0 Å². The summed E-state index contributed by atoms with van der Waals surface area (Å²) in [5.41, 5.74) is 5.41. The van der Waals surface area contributed by atoms with Crippen molar-refractivity contribution in [2.75, 3.05) is 11.6 Å². The number of fused-ring (bicyclic) bond motifs is 1. The number of aliphatic imine (C=N–C) groups is 1. The Morgan fingerprint density at radius 1 is 0.873 bits per heavy atom. The number of benzodiazepines with no additional fused rings is 1. The Balaban J connectivity index is 0.00000212. The van der Waals surface area contributed by atoms with Gasteiger partial charge in [-0.1, -0.05) is 65.0 Å². The van der Waals surface area contributed by atoms with Gasteiger partial charge < -0.3 is 31.2 Å². The van der Waals surface area contributed by atoms with Gasteiger partial charge in [0.25, 0.3) is 5.91 Å². The van der Waals surface area contributed by atoms with Crippen molar-refractivity contribution in [2.24, 2.45) is 28.5 Å². The Morgan fingerprint density at radius 2 is 1.46 bits per heavy atom. The zero-order valence-electron chi connectivity index (χ0n) is 36.4. The number of ether oxygens (including phenoxy) is 2. The van der Waals surface area contributed by atoms with Crippen LogP contribution in [0.3, 0.4) is 0 Å². The fraction of sp³-hybridized carbons (Fsp3) is 0.548. The quantitative estimate of drug-likeness (QED) is 0.111. The van der Waals surface area contributed by atoms with Crippen LogP contribution in [-0.2, 0) is 33.4 Å². The number of amides is 5. The number of primary amides is 1. The van der Waals surface area contributed by atoms with Crippen molar-refractivity contribution in [2.45, 2.75) is 124 Å². The summed E-state index contributed by atoms with van der Waals surface area (Å²) in [6.45, 7) is 13.5. The number of aryl methyl sites for hydroxylation is 1. The number of hydrogen-bond donors (Lipinski definition) is 4. The number of alkyl carbamates (subject to hydrolysis) is 1. The third-order valence-electron chi connectivity index (χ3n) is 9.07. The highest BCUT2D eigenvalue weighted by molar-refractivity contribution is 6.20. The van der Waals surface area contributed by atoms with E-state index >= 15 is 0 Å². The minimum atomic E-state index is -4.67. The molecule has 14 nitrogen and oxygen atoms in total. The highest BCUT2D eigenvalue weighted by Gasteiger charge is 2.39. The summed E-state index contributed by atoms with van der Waals surface area (Å²) in [4.78, 5) is 84.8. The number of anilines is 1. The first-order valence-electron chi connectivity index (χ1n) is 19.9. The van der Waals surface area contributed by atoms with Crippen molar-refractivity contribution in [1.29, 1.82) is 0 Å². The first kappa shape index (κ1) is 53.4. The van der Waals surface area contributed by atoms with Gasteiger partial charge in [0.05, 0.1) is 11.4 Å². The molecule has 21 heteroatoms. The summed E-state index contributed by atoms with van der Waals surface area (Å²) < 4.78 is 97.3. The number of nitrogens with two attached hydrogens (primary N) is 1. The van der Waals surface area contributed by atoms with Gasteiger partial charge in [0.1, 0.15) is 23.5 Å². The van der Waals surface area contributed by atoms with Crippen LogP contribution in [0.4, 0.5) is 41.2 Å². The average molecular weight is 905 g/mol. The van der Waals surface area contributed by atoms with Gasteiger partial charge in [0.15, 0.2) is 6.73 Å². The molecule has 1 aliphatic rings. The van der Waals surface area contributed by atoms with Gasteiger partial charge in [-0.15, -0.1) is 0 Å². The van der Waals surface area contributed by atoms with Crippen LogP contribution < -0.4 is 26.6 Å². The Kier molecular flexibility index (Phi) is 19.1. The number of rotatable bonds is 15. The number of benzene rings is 2. The number of halogens is 7. The molecule has 3 rings (SSSR count). The third kappa shape index (κ3) is 17.5. The first-order chi connectivity index (χ1) is 28.9. The molecule has 0 spiro atoms. The first-order valence-corrected chi connectivity index (χ1v) is 19.9. The molecular formula is C42H55F7N6O8. The van der Waals surface area contributed by atoms with Crippen molar-refractivity contribution >= 4 is 47.1 Å². The lowest BCUT2D eigenvalue weighted by atomic mass is 9.97. The van der Waals surface area contributed by atoms with Crippen LogP contribution in [0.1, 0.15) is 97.8 Å². The van der Waals surface area contributed by atoms with E-state index in [-0.39, 0.29) is 22.5 Å². The van der Waals surface area contributed by atoms with E-state index < -0.39 is 128 Å². The maximum absolute atomic E-state index is 14.6. The van der Waals surface area contributed by atoms with Gasteiger partial charge in [-0.3, -0.25) is 24.1 Å². The molecule has 0 aromatic heterocycles. The summed E-state index contributed by atoms with van der Waals surface area (Å²) in [5.74, 6) is -8.17. The van der Waals surface area contributed by atoms with Gasteiger partial charge in [-0.05, 0) is 63.6 Å². The predicted octanol–water partition coefficient (Wildman–Crippen LogP) is 6.74. The third-order valence-corrected chi connectivity index (χ3v) is 9.07. The largest absolute Gasteiger partial charge is 0.444 e. The molecule has 1 heterocycles. The van der Waals surface area contributed by atoms with Crippen molar-refractivity contribution in [1.82, 2.24) is 16.0 Å². The van der Waals surface area contributed by atoms with Crippen LogP contribution in [0.2, 0.25) is 0 Å². The van der Waals surface area contributed by atoms with Crippen LogP contribution in [0, 0.1) is 30.5 Å². The second-order valence-corrected chi connectivity index (χ2v) is 16.3. The van der Waals surface area contributed by atoms with Gasteiger partial charge in [-0.2, -0.15) is 26.3 Å². The van der Waals surface area contributed by atoms with E-state index in [1.54, 1.807) is 73.6 Å². The number of para-hydroxylation sites is 1. The summed E-state index contributed by atoms with van der Waals surface area (Å²) >= 11 is 0. The van der Waals surface area contributed by atoms with Crippen molar-refractivity contribution in [3.05, 3.63) is 65.0 Å². The maximum Gasteiger partial charge on any atom is 0.408 e. The number of alkyl halides is 6. The van der Waals surface area contributed by atoms with Crippen LogP contribution in [0.15, 0.2) is 47.5 Å². The topological polar surface area (TPSA) is 199 Å². The van der Waals surface area contributed by atoms with Crippen LogP contribution in [-0.4, -0.2) is 84.3 Å². The monoisotopic (exact) mass is 904 g/mol. The summed E-state index contributed by atoms with van der Waals surface area (Å²) in [6, 6.07) is 7.56. The van der Waals surface area contributed by atoms with E-state index in [0.717, 1.165) is 17.9 Å². The molecule has 0 aliphatic carbocycles. The van der Waals surface area contributed by atoms with Gasteiger partial charge in [0.2, 0.25) is 23.9 Å². The van der Waals surface area contributed by atoms with E-state index in [2.05, 4.69) is 20.9 Å². The smallest absolute Gasteiger partial charge is 0.408 e. The normalized spacial score (nSPS) is 15.7. The number of hydrogen-bond acceptors (Lipinski definition) is 9. The van der Waals surface area contributed by atoms with E-state index in [9.17, 15) is 59.5 Å². The number of carbonyl (C=O) groups excluding carboxylic acids is 6. The fourth-order valence-electron chi connectivity index (χ4n) is 5.90. The molecule has 63 heavy (non-hydrogen) atoms.